The number of hydrogen-bond acceptors (Lipinski definition) is 5. The third-order valence-electron chi connectivity index (χ3n) is 2.84. The van der Waals surface area contributed by atoms with E-state index < -0.39 is 6.29 Å². The Kier molecular flexibility index (Phi) is 6.11. The van der Waals surface area contributed by atoms with Crippen molar-refractivity contribution in [1.29, 1.82) is 0 Å². The highest BCUT2D eigenvalue weighted by atomic mass is 16.7. The van der Waals surface area contributed by atoms with Crippen LogP contribution >= 0.6 is 0 Å². The highest BCUT2D eigenvalue weighted by Gasteiger charge is 2.28. The van der Waals surface area contributed by atoms with Crippen molar-refractivity contribution >= 4 is 0 Å². The third kappa shape index (κ3) is 3.01. The Hall–Kier alpha value is -1.11. The molecule has 1 rings (SSSR count). The van der Waals surface area contributed by atoms with Crippen LogP contribution in [-0.2, 0) is 16.0 Å². The molecule has 0 spiro atoms. The van der Waals surface area contributed by atoms with Gasteiger partial charge in [0.25, 0.3) is 0 Å². The van der Waals surface area contributed by atoms with Crippen LogP contribution in [0.25, 0.3) is 0 Å². The lowest BCUT2D eigenvalue weighted by Crippen LogP contribution is -2.34. The lowest BCUT2D eigenvalue weighted by molar-refractivity contribution is -0.124. The van der Waals surface area contributed by atoms with Crippen LogP contribution < -0.4 is 10.1 Å². The molecule has 1 aromatic rings. The smallest absolute Gasteiger partial charge is 0.177 e. The first-order valence-electron chi connectivity index (χ1n) is 6.05. The van der Waals surface area contributed by atoms with E-state index in [9.17, 15) is 0 Å². The molecule has 0 bridgehead atoms. The van der Waals surface area contributed by atoms with Crippen molar-refractivity contribution in [3.63, 3.8) is 0 Å². The lowest BCUT2D eigenvalue weighted by Gasteiger charge is -2.25. The van der Waals surface area contributed by atoms with Crippen molar-refractivity contribution in [2.24, 2.45) is 0 Å². The van der Waals surface area contributed by atoms with Gasteiger partial charge in [-0.3, -0.25) is 4.68 Å². The summed E-state index contributed by atoms with van der Waals surface area (Å²) in [5.41, 5.74) is 0.940. The largest absolute Gasteiger partial charge is 0.493 e. The average molecular weight is 257 g/mol. The van der Waals surface area contributed by atoms with Crippen molar-refractivity contribution in [3.05, 3.63) is 11.9 Å². The Morgan fingerprint density at radius 1 is 1.33 bits per heavy atom. The fourth-order valence-electron chi connectivity index (χ4n) is 2.01. The van der Waals surface area contributed by atoms with Gasteiger partial charge < -0.3 is 19.5 Å². The van der Waals surface area contributed by atoms with Gasteiger partial charge >= 0.3 is 0 Å². The molecule has 1 unspecified atom stereocenters. The molecule has 18 heavy (non-hydrogen) atoms. The van der Waals surface area contributed by atoms with Crippen LogP contribution in [0.1, 0.15) is 25.1 Å². The standard InChI is InChI=1S/C12H23N3O3/c1-6-7-15-11(9(16-3)8-14-15)10(13-2)12(17-4)18-5/h8,10,12-13H,6-7H2,1-5H3. The van der Waals surface area contributed by atoms with Crippen molar-refractivity contribution in [2.75, 3.05) is 28.4 Å². The summed E-state index contributed by atoms with van der Waals surface area (Å²) in [5.74, 6) is 0.738. The maximum atomic E-state index is 5.36. The minimum Gasteiger partial charge on any atom is -0.493 e. The first kappa shape index (κ1) is 14.9. The quantitative estimate of drug-likeness (QED) is 0.709. The topological polar surface area (TPSA) is 57.5 Å². The summed E-state index contributed by atoms with van der Waals surface area (Å²) in [7, 11) is 6.73. The van der Waals surface area contributed by atoms with Crippen LogP contribution in [0.2, 0.25) is 0 Å². The number of ether oxygens (including phenoxy) is 3. The normalized spacial score (nSPS) is 13.0. The molecule has 1 N–H and O–H groups in total. The molecular formula is C12H23N3O3. The molecular weight excluding hydrogens is 234 g/mol. The predicted molar refractivity (Wildman–Crippen MR) is 68.7 cm³/mol. The molecule has 1 atom stereocenters. The van der Waals surface area contributed by atoms with Crippen LogP contribution in [-0.4, -0.2) is 44.4 Å². The number of rotatable bonds is 8. The summed E-state index contributed by atoms with van der Waals surface area (Å²) in [6.07, 6.45) is 2.33. The molecule has 6 heteroatoms. The molecule has 1 aromatic heterocycles. The van der Waals surface area contributed by atoms with E-state index in [1.54, 1.807) is 27.5 Å². The molecule has 104 valence electrons. The van der Waals surface area contributed by atoms with E-state index in [0.29, 0.717) is 0 Å². The van der Waals surface area contributed by atoms with E-state index in [2.05, 4.69) is 17.3 Å². The van der Waals surface area contributed by atoms with Gasteiger partial charge in [0.1, 0.15) is 11.7 Å². The second-order valence-electron chi connectivity index (χ2n) is 3.93. The molecule has 0 aromatic carbocycles. The number of nitrogens with zero attached hydrogens (tertiary/aromatic N) is 2. The first-order valence-corrected chi connectivity index (χ1v) is 6.05. The van der Waals surface area contributed by atoms with E-state index in [-0.39, 0.29) is 6.04 Å². The number of methoxy groups -OCH3 is 3. The summed E-state index contributed by atoms with van der Waals surface area (Å²) in [5, 5.41) is 7.53. The average Bonchev–Trinajstić information content (AvgIpc) is 2.79. The molecule has 0 aliphatic carbocycles. The predicted octanol–water partition coefficient (Wildman–Crippen LogP) is 1.18. The summed E-state index contributed by atoms with van der Waals surface area (Å²) < 4.78 is 17.9. The van der Waals surface area contributed by atoms with Crippen molar-refractivity contribution in [3.8, 4) is 5.75 Å². The Balaban J connectivity index is 3.12. The van der Waals surface area contributed by atoms with E-state index in [4.69, 9.17) is 14.2 Å². The molecule has 0 aliphatic heterocycles. The van der Waals surface area contributed by atoms with Crippen LogP contribution in [0.15, 0.2) is 6.20 Å². The van der Waals surface area contributed by atoms with Crippen LogP contribution in [0.5, 0.6) is 5.75 Å². The van der Waals surface area contributed by atoms with E-state index in [1.165, 1.54) is 0 Å². The zero-order chi connectivity index (χ0) is 13.5. The molecule has 0 fully saturated rings. The summed E-state index contributed by atoms with van der Waals surface area (Å²) in [6, 6.07) is -0.135. The molecule has 0 amide bonds. The zero-order valence-corrected chi connectivity index (χ0v) is 11.8. The van der Waals surface area contributed by atoms with E-state index in [0.717, 1.165) is 24.4 Å². The Labute approximate surface area is 108 Å². The number of aryl methyl sites for hydroxylation is 1. The number of hydrogen-bond donors (Lipinski definition) is 1. The number of aromatic nitrogens is 2. The van der Waals surface area contributed by atoms with Crippen molar-refractivity contribution in [2.45, 2.75) is 32.2 Å². The SMILES string of the molecule is CCCn1ncc(OC)c1C(NC)C(OC)OC. The summed E-state index contributed by atoms with van der Waals surface area (Å²) >= 11 is 0. The summed E-state index contributed by atoms with van der Waals surface area (Å²) in [4.78, 5) is 0. The van der Waals surface area contributed by atoms with Gasteiger partial charge in [-0.25, -0.2) is 0 Å². The fraction of sp³-hybridized carbons (Fsp3) is 0.750. The van der Waals surface area contributed by atoms with Gasteiger partial charge in [0.15, 0.2) is 12.0 Å². The Morgan fingerprint density at radius 3 is 2.44 bits per heavy atom. The maximum absolute atomic E-state index is 5.36. The first-order chi connectivity index (χ1) is 8.73. The van der Waals surface area contributed by atoms with Crippen molar-refractivity contribution in [1.82, 2.24) is 15.1 Å². The fourth-order valence-corrected chi connectivity index (χ4v) is 2.01. The Morgan fingerprint density at radius 2 is 2.00 bits per heavy atom. The van der Waals surface area contributed by atoms with Crippen LogP contribution in [0.4, 0.5) is 0 Å². The maximum Gasteiger partial charge on any atom is 0.177 e. The summed E-state index contributed by atoms with van der Waals surface area (Å²) in [6.45, 7) is 2.94. The molecule has 0 aliphatic rings. The molecule has 6 nitrogen and oxygen atoms in total. The third-order valence-corrected chi connectivity index (χ3v) is 2.84. The van der Waals surface area contributed by atoms with Gasteiger partial charge in [-0.1, -0.05) is 6.92 Å². The number of likely N-dealkylation sites (N-methyl/N-ethyl adjacent to an activating group) is 1. The minimum atomic E-state index is -0.392. The molecule has 0 radical (unpaired) electrons. The number of nitrogens with one attached hydrogen (secondary N) is 1. The van der Waals surface area contributed by atoms with Crippen LogP contribution in [0, 0.1) is 0 Å². The van der Waals surface area contributed by atoms with Gasteiger partial charge in [0, 0.05) is 20.8 Å². The highest BCUT2D eigenvalue weighted by Crippen LogP contribution is 2.28. The van der Waals surface area contributed by atoms with Gasteiger partial charge in [-0.2, -0.15) is 5.10 Å². The van der Waals surface area contributed by atoms with E-state index in [1.807, 2.05) is 11.7 Å². The second-order valence-corrected chi connectivity index (χ2v) is 3.93. The molecule has 0 saturated heterocycles. The monoisotopic (exact) mass is 257 g/mol. The minimum absolute atomic E-state index is 0.135. The van der Waals surface area contributed by atoms with Gasteiger partial charge in [0.2, 0.25) is 0 Å². The van der Waals surface area contributed by atoms with Gasteiger partial charge in [0.05, 0.1) is 13.3 Å². The molecule has 0 saturated carbocycles. The van der Waals surface area contributed by atoms with Gasteiger partial charge in [-0.15, -0.1) is 0 Å². The zero-order valence-electron chi connectivity index (χ0n) is 11.8. The second kappa shape index (κ2) is 7.35. The Bertz CT molecular complexity index is 350. The highest BCUT2D eigenvalue weighted by molar-refractivity contribution is 5.29. The lowest BCUT2D eigenvalue weighted by atomic mass is 10.2. The van der Waals surface area contributed by atoms with Gasteiger partial charge in [-0.05, 0) is 13.5 Å². The van der Waals surface area contributed by atoms with Crippen molar-refractivity contribution < 1.29 is 14.2 Å². The van der Waals surface area contributed by atoms with E-state index >= 15 is 0 Å². The van der Waals surface area contributed by atoms with Crippen LogP contribution in [0.3, 0.4) is 0 Å². The molecule has 1 heterocycles.